The van der Waals surface area contributed by atoms with Crippen molar-refractivity contribution < 1.29 is 19.0 Å². The summed E-state index contributed by atoms with van der Waals surface area (Å²) in [5.41, 5.74) is 2.27. The second-order valence-corrected chi connectivity index (χ2v) is 11.6. The molecular formula is C29H24Cl2N2O5S2. The monoisotopic (exact) mass is 614 g/mol. The van der Waals surface area contributed by atoms with Crippen molar-refractivity contribution in [1.29, 1.82) is 0 Å². The standard InChI is InChI=1S/C29H24Cl2N2O5S2/c1-4-37-28(35)25-16(2)32-29-33(26(25)23-6-5-11-39-23)27(34)24(40-29)14-17-8-10-21(22(13-17)36-3)38-15-18-7-9-19(30)20(31)12-18/h5-14,26H,4,15H2,1-3H3/b24-14-/t26-/m1/s1. The summed E-state index contributed by atoms with van der Waals surface area (Å²) in [5, 5.41) is 2.85. The summed E-state index contributed by atoms with van der Waals surface area (Å²) < 4.78 is 18.9. The minimum absolute atomic E-state index is 0.228. The molecule has 0 aliphatic carbocycles. The third-order valence-corrected chi connectivity index (χ3v) is 8.84. The predicted octanol–water partition coefficient (Wildman–Crippen LogP) is 5.75. The van der Waals surface area contributed by atoms with Crippen LogP contribution in [0.3, 0.4) is 0 Å². The van der Waals surface area contributed by atoms with Crippen molar-refractivity contribution in [2.24, 2.45) is 4.99 Å². The molecule has 0 unspecified atom stereocenters. The SMILES string of the molecule is CCOC(=O)C1=C(C)N=c2s/c(=C\c3ccc(OCc4ccc(Cl)c(Cl)c4)c(OC)c3)c(=O)n2[C@@H]1c1cccs1. The van der Waals surface area contributed by atoms with Crippen molar-refractivity contribution in [3.05, 3.63) is 111 Å². The lowest BCUT2D eigenvalue weighted by molar-refractivity contribution is -0.139. The molecule has 206 valence electrons. The molecule has 0 amide bonds. The fraction of sp³-hybridized carbons (Fsp3) is 0.207. The third kappa shape index (κ3) is 5.60. The van der Waals surface area contributed by atoms with Gasteiger partial charge in [0, 0.05) is 4.88 Å². The molecular weight excluding hydrogens is 591 g/mol. The van der Waals surface area contributed by atoms with Gasteiger partial charge in [0.25, 0.3) is 5.56 Å². The number of hydrogen-bond donors (Lipinski definition) is 0. The molecule has 4 aromatic rings. The van der Waals surface area contributed by atoms with Crippen LogP contribution in [0.25, 0.3) is 6.08 Å². The van der Waals surface area contributed by atoms with E-state index in [4.69, 9.17) is 37.4 Å². The van der Waals surface area contributed by atoms with Crippen LogP contribution in [-0.4, -0.2) is 24.3 Å². The number of carbonyl (C=O) groups is 1. The number of carbonyl (C=O) groups excluding carboxylic acids is 1. The Kier molecular flexibility index (Phi) is 8.46. The van der Waals surface area contributed by atoms with Crippen LogP contribution in [0.4, 0.5) is 0 Å². The van der Waals surface area contributed by atoms with Gasteiger partial charge >= 0.3 is 5.97 Å². The van der Waals surface area contributed by atoms with Crippen LogP contribution in [0.2, 0.25) is 10.0 Å². The second-order valence-electron chi connectivity index (χ2n) is 8.77. The number of ether oxygens (including phenoxy) is 3. The Hall–Kier alpha value is -3.37. The largest absolute Gasteiger partial charge is 0.493 e. The topological polar surface area (TPSA) is 79.1 Å². The van der Waals surface area contributed by atoms with Crippen LogP contribution in [0.1, 0.15) is 35.9 Å². The Bertz CT molecular complexity index is 1790. The lowest BCUT2D eigenvalue weighted by Crippen LogP contribution is -2.39. The Morgan fingerprint density at radius 2 is 1.95 bits per heavy atom. The van der Waals surface area contributed by atoms with E-state index in [2.05, 4.69) is 4.99 Å². The summed E-state index contributed by atoms with van der Waals surface area (Å²) in [5.74, 6) is 0.579. The first-order valence-electron chi connectivity index (χ1n) is 12.3. The summed E-state index contributed by atoms with van der Waals surface area (Å²) in [4.78, 5) is 32.6. The first kappa shape index (κ1) is 28.2. The number of benzene rings is 2. The number of hydrogen-bond acceptors (Lipinski definition) is 8. The molecule has 1 aliphatic rings. The van der Waals surface area contributed by atoms with Crippen molar-refractivity contribution in [3.8, 4) is 11.5 Å². The molecule has 0 saturated heterocycles. The fourth-order valence-corrected chi connectivity index (χ4v) is 6.53. The lowest BCUT2D eigenvalue weighted by atomic mass is 10.0. The number of methoxy groups -OCH3 is 1. The molecule has 40 heavy (non-hydrogen) atoms. The number of rotatable bonds is 8. The average Bonchev–Trinajstić information content (AvgIpc) is 3.57. The molecule has 11 heteroatoms. The molecule has 0 N–H and O–H groups in total. The van der Waals surface area contributed by atoms with Crippen molar-refractivity contribution >= 4 is 57.9 Å². The molecule has 2 aromatic heterocycles. The lowest BCUT2D eigenvalue weighted by Gasteiger charge is -2.23. The third-order valence-electron chi connectivity index (χ3n) is 6.19. The molecule has 1 aliphatic heterocycles. The number of allylic oxidation sites excluding steroid dienone is 1. The van der Waals surface area contributed by atoms with Crippen molar-refractivity contribution in [2.45, 2.75) is 26.5 Å². The minimum atomic E-state index is -0.607. The van der Waals surface area contributed by atoms with Gasteiger partial charge < -0.3 is 14.2 Å². The van der Waals surface area contributed by atoms with Crippen LogP contribution >= 0.6 is 45.9 Å². The normalized spacial score (nSPS) is 15.0. The smallest absolute Gasteiger partial charge is 0.338 e. The summed E-state index contributed by atoms with van der Waals surface area (Å²) in [6.07, 6.45) is 1.78. The van der Waals surface area contributed by atoms with Gasteiger partial charge in [-0.2, -0.15) is 0 Å². The first-order valence-corrected chi connectivity index (χ1v) is 14.7. The van der Waals surface area contributed by atoms with E-state index >= 15 is 0 Å². The van der Waals surface area contributed by atoms with Gasteiger partial charge in [-0.3, -0.25) is 9.36 Å². The molecule has 1 atom stereocenters. The van der Waals surface area contributed by atoms with Gasteiger partial charge in [0.15, 0.2) is 16.3 Å². The number of halogens is 2. The molecule has 3 heterocycles. The zero-order valence-electron chi connectivity index (χ0n) is 21.8. The average molecular weight is 616 g/mol. The van der Waals surface area contributed by atoms with E-state index in [1.807, 2.05) is 29.6 Å². The number of aromatic nitrogens is 1. The number of thiazole rings is 1. The van der Waals surface area contributed by atoms with E-state index < -0.39 is 12.0 Å². The van der Waals surface area contributed by atoms with E-state index in [1.54, 1.807) is 55.9 Å². The molecule has 5 rings (SSSR count). The number of thiophene rings is 1. The summed E-state index contributed by atoms with van der Waals surface area (Å²) in [7, 11) is 1.56. The van der Waals surface area contributed by atoms with Gasteiger partial charge in [-0.25, -0.2) is 9.79 Å². The zero-order valence-corrected chi connectivity index (χ0v) is 24.9. The first-order chi connectivity index (χ1) is 19.3. The van der Waals surface area contributed by atoms with Crippen LogP contribution < -0.4 is 24.4 Å². The van der Waals surface area contributed by atoms with Crippen molar-refractivity contribution in [2.75, 3.05) is 13.7 Å². The van der Waals surface area contributed by atoms with Crippen LogP contribution in [0.5, 0.6) is 11.5 Å². The highest BCUT2D eigenvalue weighted by Crippen LogP contribution is 2.33. The summed E-state index contributed by atoms with van der Waals surface area (Å²) >= 11 is 14.9. The maximum atomic E-state index is 13.7. The summed E-state index contributed by atoms with van der Waals surface area (Å²) in [6, 6.07) is 13.9. The Balaban J connectivity index is 1.50. The number of esters is 1. The molecule has 0 fully saturated rings. The van der Waals surface area contributed by atoms with Gasteiger partial charge in [0.05, 0.1) is 39.6 Å². The van der Waals surface area contributed by atoms with E-state index in [0.29, 0.717) is 42.1 Å². The summed E-state index contributed by atoms with van der Waals surface area (Å²) in [6.45, 7) is 4.02. The van der Waals surface area contributed by atoms with Crippen molar-refractivity contribution in [3.63, 3.8) is 0 Å². The van der Waals surface area contributed by atoms with Crippen LogP contribution in [-0.2, 0) is 16.1 Å². The molecule has 0 bridgehead atoms. The Morgan fingerprint density at radius 1 is 1.12 bits per heavy atom. The second kappa shape index (κ2) is 12.0. The molecule has 7 nitrogen and oxygen atoms in total. The van der Waals surface area contributed by atoms with Crippen molar-refractivity contribution in [1.82, 2.24) is 4.57 Å². The van der Waals surface area contributed by atoms with Gasteiger partial charge in [0.2, 0.25) is 0 Å². The highest BCUT2D eigenvalue weighted by Gasteiger charge is 2.33. The van der Waals surface area contributed by atoms with Gasteiger partial charge in [-0.15, -0.1) is 11.3 Å². The van der Waals surface area contributed by atoms with Gasteiger partial charge in [-0.1, -0.05) is 52.7 Å². The molecule has 0 spiro atoms. The maximum Gasteiger partial charge on any atom is 0.338 e. The number of fused-ring (bicyclic) bond motifs is 1. The quantitative estimate of drug-likeness (QED) is 0.236. The van der Waals surface area contributed by atoms with E-state index in [1.165, 1.54) is 22.7 Å². The van der Waals surface area contributed by atoms with Crippen LogP contribution in [0, 0.1) is 0 Å². The van der Waals surface area contributed by atoms with E-state index in [9.17, 15) is 9.59 Å². The highest BCUT2D eigenvalue weighted by atomic mass is 35.5. The predicted molar refractivity (Wildman–Crippen MR) is 159 cm³/mol. The molecule has 2 aromatic carbocycles. The van der Waals surface area contributed by atoms with Crippen LogP contribution in [0.15, 0.2) is 75.0 Å². The maximum absolute atomic E-state index is 13.7. The molecule has 0 radical (unpaired) electrons. The highest BCUT2D eigenvalue weighted by molar-refractivity contribution is 7.10. The number of nitrogens with zero attached hydrogens (tertiary/aromatic N) is 2. The zero-order chi connectivity index (χ0) is 28.4. The minimum Gasteiger partial charge on any atom is -0.493 e. The molecule has 0 saturated carbocycles. The Labute approximate surface area is 248 Å². The van der Waals surface area contributed by atoms with Gasteiger partial charge in [-0.05, 0) is 66.8 Å². The van der Waals surface area contributed by atoms with Gasteiger partial charge in [0.1, 0.15) is 12.6 Å². The Morgan fingerprint density at radius 3 is 2.65 bits per heavy atom. The fourth-order valence-electron chi connectivity index (χ4n) is 4.34. The van der Waals surface area contributed by atoms with E-state index in [-0.39, 0.29) is 18.8 Å². The van der Waals surface area contributed by atoms with E-state index in [0.717, 1.165) is 16.0 Å².